The quantitative estimate of drug-likeness (QED) is 0.656. The van der Waals surface area contributed by atoms with Crippen molar-refractivity contribution in [2.45, 2.75) is 57.6 Å². The van der Waals surface area contributed by atoms with E-state index in [-0.39, 0.29) is 17.5 Å². The molecule has 0 radical (unpaired) electrons. The maximum Gasteiger partial charge on any atom is 0.338 e. The molecule has 26 heavy (non-hydrogen) atoms. The van der Waals surface area contributed by atoms with Crippen LogP contribution in [-0.4, -0.2) is 25.4 Å². The molecule has 0 aliphatic rings. The van der Waals surface area contributed by atoms with Gasteiger partial charge in [0.1, 0.15) is 6.61 Å². The first-order valence-corrected chi connectivity index (χ1v) is 10.9. The van der Waals surface area contributed by atoms with E-state index in [0.29, 0.717) is 12.0 Å². The van der Waals surface area contributed by atoms with Gasteiger partial charge in [-0.3, -0.25) is 0 Å². The van der Waals surface area contributed by atoms with Crippen LogP contribution in [0.1, 0.15) is 54.7 Å². The highest BCUT2D eigenvalue weighted by atomic mass is 32.2. The van der Waals surface area contributed by atoms with E-state index in [0.717, 1.165) is 23.5 Å². The third kappa shape index (κ3) is 5.62. The zero-order valence-corrected chi connectivity index (χ0v) is 16.8. The maximum absolute atomic E-state index is 12.2. The minimum atomic E-state index is -3.58. The van der Waals surface area contributed by atoms with Gasteiger partial charge in [-0.15, -0.1) is 11.3 Å². The van der Waals surface area contributed by atoms with E-state index in [2.05, 4.69) is 16.6 Å². The number of rotatable bonds is 9. The number of nitrogens with one attached hydrogen (secondary N) is 1. The monoisotopic (exact) mass is 396 g/mol. The Morgan fingerprint density at radius 3 is 2.58 bits per heavy atom. The highest BCUT2D eigenvalue weighted by Gasteiger charge is 2.17. The highest BCUT2D eigenvalue weighted by Crippen LogP contribution is 2.15. The fourth-order valence-corrected chi connectivity index (χ4v) is 4.36. The molecule has 0 fully saturated rings. The van der Waals surface area contributed by atoms with Crippen molar-refractivity contribution in [2.75, 3.05) is 0 Å². The van der Waals surface area contributed by atoms with Crippen LogP contribution in [0.3, 0.4) is 0 Å². The highest BCUT2D eigenvalue weighted by molar-refractivity contribution is 7.89. The molecule has 142 valence electrons. The summed E-state index contributed by atoms with van der Waals surface area (Å²) in [5.41, 5.74) is 1.03. The van der Waals surface area contributed by atoms with E-state index in [4.69, 9.17) is 4.74 Å². The zero-order chi connectivity index (χ0) is 19.2. The summed E-state index contributed by atoms with van der Waals surface area (Å²) in [6.45, 7) is 5.89. The number of hydrogen-bond donors (Lipinski definition) is 1. The maximum atomic E-state index is 12.2. The summed E-state index contributed by atoms with van der Waals surface area (Å²) in [4.78, 5) is 16.6. The molecule has 1 heterocycles. The predicted octanol–water partition coefficient (Wildman–Crippen LogP) is 3.53. The second-order valence-electron chi connectivity index (χ2n) is 6.01. The lowest BCUT2D eigenvalue weighted by molar-refractivity contribution is 0.0468. The number of aryl methyl sites for hydroxylation is 1. The van der Waals surface area contributed by atoms with E-state index < -0.39 is 16.0 Å². The Bertz CT molecular complexity index is 829. The summed E-state index contributed by atoms with van der Waals surface area (Å²) in [6, 6.07) is 5.57. The molecule has 6 nitrogen and oxygen atoms in total. The number of benzene rings is 1. The number of carbonyl (C=O) groups is 1. The summed E-state index contributed by atoms with van der Waals surface area (Å²) >= 11 is 1.56. The Balaban J connectivity index is 1.97. The molecule has 0 aliphatic carbocycles. The Morgan fingerprint density at radius 1 is 1.27 bits per heavy atom. The van der Waals surface area contributed by atoms with Gasteiger partial charge in [0.15, 0.2) is 0 Å². The van der Waals surface area contributed by atoms with Crippen LogP contribution in [0.2, 0.25) is 0 Å². The Kier molecular flexibility index (Phi) is 7.31. The molecule has 1 N–H and O–H groups in total. The van der Waals surface area contributed by atoms with Gasteiger partial charge in [0.2, 0.25) is 10.0 Å². The lowest BCUT2D eigenvalue weighted by atomic mass is 10.2. The largest absolute Gasteiger partial charge is 0.456 e. The second kappa shape index (κ2) is 9.25. The standard InChI is InChI=1S/C18H24N2O4S2/c1-4-6-17-19-15(12-25-17)11-24-18(21)14-7-9-16(10-8-14)26(22,23)20-13(3)5-2/h7-10,12-13,20H,4-6,11H2,1-3H3. The number of sulfonamides is 1. The molecule has 0 aliphatic heterocycles. The Morgan fingerprint density at radius 2 is 1.96 bits per heavy atom. The summed E-state index contributed by atoms with van der Waals surface area (Å²) in [5, 5.41) is 2.91. The van der Waals surface area contributed by atoms with Crippen molar-refractivity contribution in [2.24, 2.45) is 0 Å². The molecular formula is C18H24N2O4S2. The third-order valence-electron chi connectivity index (χ3n) is 3.78. The van der Waals surface area contributed by atoms with Crippen molar-refractivity contribution in [1.29, 1.82) is 0 Å². The van der Waals surface area contributed by atoms with Crippen molar-refractivity contribution >= 4 is 27.3 Å². The molecule has 1 unspecified atom stereocenters. The summed E-state index contributed by atoms with van der Waals surface area (Å²) in [5.74, 6) is -0.506. The number of thiazole rings is 1. The lowest BCUT2D eigenvalue weighted by Crippen LogP contribution is -2.32. The molecule has 0 saturated heterocycles. The fraction of sp³-hybridized carbons (Fsp3) is 0.444. The molecular weight excluding hydrogens is 372 g/mol. The van der Waals surface area contributed by atoms with Crippen LogP contribution in [0.15, 0.2) is 34.5 Å². The van der Waals surface area contributed by atoms with E-state index in [1.165, 1.54) is 24.3 Å². The molecule has 8 heteroatoms. The minimum absolute atomic E-state index is 0.106. The fourth-order valence-electron chi connectivity index (χ4n) is 2.15. The first-order valence-electron chi connectivity index (χ1n) is 8.58. The zero-order valence-electron chi connectivity index (χ0n) is 15.2. The predicted molar refractivity (Wildman–Crippen MR) is 102 cm³/mol. The summed E-state index contributed by atoms with van der Waals surface area (Å²) in [7, 11) is -3.58. The molecule has 2 rings (SSSR count). The number of nitrogens with zero attached hydrogens (tertiary/aromatic N) is 1. The van der Waals surface area contributed by atoms with E-state index in [9.17, 15) is 13.2 Å². The van der Waals surface area contributed by atoms with Gasteiger partial charge in [0, 0.05) is 11.4 Å². The molecule has 2 aromatic rings. The van der Waals surface area contributed by atoms with E-state index in [1.54, 1.807) is 18.3 Å². The third-order valence-corrected chi connectivity index (χ3v) is 6.35. The molecule has 0 saturated carbocycles. The van der Waals surface area contributed by atoms with Crippen molar-refractivity contribution < 1.29 is 17.9 Å². The van der Waals surface area contributed by atoms with Crippen LogP contribution in [0.4, 0.5) is 0 Å². The smallest absolute Gasteiger partial charge is 0.338 e. The van der Waals surface area contributed by atoms with Gasteiger partial charge in [-0.05, 0) is 50.5 Å². The number of hydrogen-bond acceptors (Lipinski definition) is 6. The number of carbonyl (C=O) groups excluding carboxylic acids is 1. The normalized spacial score (nSPS) is 12.7. The average molecular weight is 397 g/mol. The lowest BCUT2D eigenvalue weighted by Gasteiger charge is -2.12. The summed E-state index contributed by atoms with van der Waals surface area (Å²) < 4.78 is 32.3. The molecule has 1 atom stereocenters. The van der Waals surface area contributed by atoms with Gasteiger partial charge < -0.3 is 4.74 Å². The minimum Gasteiger partial charge on any atom is -0.456 e. The molecule has 1 aromatic heterocycles. The van der Waals surface area contributed by atoms with Gasteiger partial charge in [-0.1, -0.05) is 13.8 Å². The van der Waals surface area contributed by atoms with Crippen molar-refractivity contribution in [1.82, 2.24) is 9.71 Å². The van der Waals surface area contributed by atoms with Gasteiger partial charge in [-0.25, -0.2) is 22.9 Å². The number of aromatic nitrogens is 1. The van der Waals surface area contributed by atoms with Crippen LogP contribution in [0, 0.1) is 0 Å². The van der Waals surface area contributed by atoms with E-state index in [1.807, 2.05) is 12.3 Å². The summed E-state index contributed by atoms with van der Waals surface area (Å²) in [6.07, 6.45) is 2.63. The first kappa shape index (κ1) is 20.5. The van der Waals surface area contributed by atoms with Crippen molar-refractivity contribution in [3.63, 3.8) is 0 Å². The van der Waals surface area contributed by atoms with Gasteiger partial charge in [-0.2, -0.15) is 0 Å². The average Bonchev–Trinajstić information content (AvgIpc) is 3.07. The molecule has 0 amide bonds. The molecule has 1 aromatic carbocycles. The number of esters is 1. The SMILES string of the molecule is CCCc1nc(COC(=O)c2ccc(S(=O)(=O)NC(C)CC)cc2)cs1. The topological polar surface area (TPSA) is 85.4 Å². The van der Waals surface area contributed by atoms with Crippen molar-refractivity contribution in [3.8, 4) is 0 Å². The van der Waals surface area contributed by atoms with E-state index >= 15 is 0 Å². The van der Waals surface area contributed by atoms with Crippen LogP contribution < -0.4 is 4.72 Å². The van der Waals surface area contributed by atoms with Gasteiger partial charge >= 0.3 is 5.97 Å². The Hall–Kier alpha value is -1.77. The molecule has 0 bridgehead atoms. The van der Waals surface area contributed by atoms with Crippen molar-refractivity contribution in [3.05, 3.63) is 45.9 Å². The van der Waals surface area contributed by atoms with Crippen LogP contribution in [-0.2, 0) is 27.8 Å². The first-order chi connectivity index (χ1) is 12.4. The Labute approximate surface area is 158 Å². The van der Waals surface area contributed by atoms with Gasteiger partial charge in [0.05, 0.1) is 21.2 Å². The van der Waals surface area contributed by atoms with Crippen LogP contribution >= 0.6 is 11.3 Å². The van der Waals surface area contributed by atoms with Crippen LogP contribution in [0.25, 0.3) is 0 Å². The second-order valence-corrected chi connectivity index (χ2v) is 8.67. The number of ether oxygens (including phenoxy) is 1. The molecule has 0 spiro atoms. The van der Waals surface area contributed by atoms with Gasteiger partial charge in [0.25, 0.3) is 0 Å². The van der Waals surface area contributed by atoms with Crippen LogP contribution in [0.5, 0.6) is 0 Å².